The van der Waals surface area contributed by atoms with E-state index in [1.165, 1.54) is 0 Å². The average molecular weight is 261 g/mol. The van der Waals surface area contributed by atoms with Crippen LogP contribution in [0.3, 0.4) is 0 Å². The predicted molar refractivity (Wildman–Crippen MR) is 74.1 cm³/mol. The lowest BCUT2D eigenvalue weighted by Gasteiger charge is -2.20. The van der Waals surface area contributed by atoms with Gasteiger partial charge in [-0.1, -0.05) is 5.16 Å². The molecule has 0 atom stereocenters. The van der Waals surface area contributed by atoms with Crippen molar-refractivity contribution < 1.29 is 4.52 Å². The number of aryl methyl sites for hydroxylation is 1. The summed E-state index contributed by atoms with van der Waals surface area (Å²) >= 11 is 0. The van der Waals surface area contributed by atoms with Crippen molar-refractivity contribution in [3.63, 3.8) is 0 Å². The van der Waals surface area contributed by atoms with Crippen LogP contribution in [0.1, 0.15) is 5.82 Å². The largest absolute Gasteiger partial charge is 0.358 e. The predicted octanol–water partition coefficient (Wildman–Crippen LogP) is 1.44. The van der Waals surface area contributed by atoms with Gasteiger partial charge in [-0.05, 0) is 33.2 Å². The van der Waals surface area contributed by atoms with Crippen LogP contribution in [0.25, 0.3) is 11.5 Å². The smallest absolute Gasteiger partial charge is 0.258 e. The van der Waals surface area contributed by atoms with Crippen LogP contribution in [0.5, 0.6) is 0 Å². The number of rotatable bonds is 5. The Hall–Kier alpha value is -1.95. The Balaban J connectivity index is 2.15. The van der Waals surface area contributed by atoms with Gasteiger partial charge in [0.1, 0.15) is 5.82 Å². The van der Waals surface area contributed by atoms with Crippen molar-refractivity contribution in [1.82, 2.24) is 20.0 Å². The van der Waals surface area contributed by atoms with E-state index in [0.29, 0.717) is 11.7 Å². The van der Waals surface area contributed by atoms with Crippen molar-refractivity contribution >= 4 is 5.82 Å². The first-order valence-electron chi connectivity index (χ1n) is 6.19. The summed E-state index contributed by atoms with van der Waals surface area (Å²) in [6.45, 7) is 3.69. The Labute approximate surface area is 113 Å². The van der Waals surface area contributed by atoms with Gasteiger partial charge in [0.05, 0.1) is 0 Å². The molecule has 2 rings (SSSR count). The van der Waals surface area contributed by atoms with Crippen LogP contribution in [-0.2, 0) is 0 Å². The van der Waals surface area contributed by atoms with Gasteiger partial charge >= 0.3 is 0 Å². The summed E-state index contributed by atoms with van der Waals surface area (Å²) < 4.78 is 5.17. The van der Waals surface area contributed by atoms with Gasteiger partial charge in [-0.15, -0.1) is 0 Å². The molecule has 0 amide bonds. The van der Waals surface area contributed by atoms with Crippen LogP contribution in [0.15, 0.2) is 22.9 Å². The molecule has 0 spiro atoms. The average Bonchev–Trinajstić information content (AvgIpc) is 2.83. The minimum absolute atomic E-state index is 0.530. The van der Waals surface area contributed by atoms with Crippen molar-refractivity contribution in [2.24, 2.45) is 0 Å². The molecule has 0 fully saturated rings. The molecule has 0 radical (unpaired) electrons. The normalized spacial score (nSPS) is 11.0. The Morgan fingerprint density at radius 1 is 1.21 bits per heavy atom. The molecule has 2 aromatic rings. The fraction of sp³-hybridized carbons (Fsp3) is 0.462. The van der Waals surface area contributed by atoms with Gasteiger partial charge in [-0.3, -0.25) is 0 Å². The molecule has 0 aliphatic rings. The summed E-state index contributed by atoms with van der Waals surface area (Å²) in [4.78, 5) is 12.8. The van der Waals surface area contributed by atoms with E-state index in [9.17, 15) is 0 Å². The summed E-state index contributed by atoms with van der Waals surface area (Å²) in [5.41, 5.74) is 0.891. The van der Waals surface area contributed by atoms with Gasteiger partial charge < -0.3 is 14.3 Å². The molecule has 0 saturated heterocycles. The monoisotopic (exact) mass is 261 g/mol. The molecule has 6 heteroatoms. The maximum absolute atomic E-state index is 5.17. The molecule has 2 heterocycles. The third-order valence-electron chi connectivity index (χ3n) is 2.79. The first-order chi connectivity index (χ1) is 9.06. The lowest BCUT2D eigenvalue weighted by molar-refractivity contribution is 0.416. The van der Waals surface area contributed by atoms with Crippen molar-refractivity contribution in [3.8, 4) is 11.5 Å². The van der Waals surface area contributed by atoms with E-state index >= 15 is 0 Å². The van der Waals surface area contributed by atoms with Gasteiger partial charge in [0.15, 0.2) is 5.82 Å². The number of pyridine rings is 1. The zero-order chi connectivity index (χ0) is 13.8. The second kappa shape index (κ2) is 5.79. The van der Waals surface area contributed by atoms with E-state index < -0.39 is 0 Å². The fourth-order valence-corrected chi connectivity index (χ4v) is 1.64. The van der Waals surface area contributed by atoms with Gasteiger partial charge in [0.2, 0.25) is 0 Å². The second-order valence-electron chi connectivity index (χ2n) is 4.77. The van der Waals surface area contributed by atoms with Gasteiger partial charge in [-0.25, -0.2) is 4.98 Å². The maximum atomic E-state index is 5.17. The van der Waals surface area contributed by atoms with Gasteiger partial charge in [0.25, 0.3) is 5.89 Å². The third-order valence-corrected chi connectivity index (χ3v) is 2.79. The van der Waals surface area contributed by atoms with E-state index in [-0.39, 0.29) is 0 Å². The zero-order valence-electron chi connectivity index (χ0n) is 11.8. The molecule has 0 aliphatic heterocycles. The SMILES string of the molecule is Cc1noc(-c2ccnc(N(C)CCN(C)C)c2)n1. The second-order valence-corrected chi connectivity index (χ2v) is 4.77. The molecular weight excluding hydrogens is 242 g/mol. The number of likely N-dealkylation sites (N-methyl/N-ethyl adjacent to an activating group) is 2. The molecule has 0 N–H and O–H groups in total. The van der Waals surface area contributed by atoms with Crippen molar-refractivity contribution in [3.05, 3.63) is 24.2 Å². The standard InChI is InChI=1S/C13H19N5O/c1-10-15-13(19-16-10)11-5-6-14-12(9-11)18(4)8-7-17(2)3/h5-6,9H,7-8H2,1-4H3. The fourth-order valence-electron chi connectivity index (χ4n) is 1.64. The molecule has 0 unspecified atom stereocenters. The minimum atomic E-state index is 0.530. The molecule has 2 aromatic heterocycles. The van der Waals surface area contributed by atoms with Crippen LogP contribution in [0.4, 0.5) is 5.82 Å². The molecule has 19 heavy (non-hydrogen) atoms. The van der Waals surface area contributed by atoms with Crippen molar-refractivity contribution in [2.75, 3.05) is 39.1 Å². The Morgan fingerprint density at radius 3 is 2.63 bits per heavy atom. The van der Waals surface area contributed by atoms with E-state index in [0.717, 1.165) is 24.5 Å². The Morgan fingerprint density at radius 2 is 2.00 bits per heavy atom. The lowest BCUT2D eigenvalue weighted by atomic mass is 10.2. The van der Waals surface area contributed by atoms with Crippen LogP contribution in [0, 0.1) is 6.92 Å². The first-order valence-corrected chi connectivity index (χ1v) is 6.19. The quantitative estimate of drug-likeness (QED) is 0.811. The molecule has 0 aromatic carbocycles. The first kappa shape index (κ1) is 13.5. The highest BCUT2D eigenvalue weighted by Gasteiger charge is 2.09. The van der Waals surface area contributed by atoms with Crippen molar-refractivity contribution in [1.29, 1.82) is 0 Å². The summed E-state index contributed by atoms with van der Waals surface area (Å²) in [6, 6.07) is 3.83. The van der Waals surface area contributed by atoms with E-state index in [2.05, 4.69) is 39.0 Å². The Kier molecular flexibility index (Phi) is 4.11. The van der Waals surface area contributed by atoms with E-state index in [1.807, 2.05) is 19.2 Å². The summed E-state index contributed by atoms with van der Waals surface area (Å²) in [5.74, 6) is 2.06. The summed E-state index contributed by atoms with van der Waals surface area (Å²) in [7, 11) is 6.13. The van der Waals surface area contributed by atoms with Gasteiger partial charge in [-0.2, -0.15) is 4.98 Å². The minimum Gasteiger partial charge on any atom is -0.358 e. The summed E-state index contributed by atoms with van der Waals surface area (Å²) in [5, 5.41) is 3.80. The van der Waals surface area contributed by atoms with Crippen LogP contribution in [0.2, 0.25) is 0 Å². The molecule has 0 bridgehead atoms. The van der Waals surface area contributed by atoms with Gasteiger partial charge in [0, 0.05) is 31.9 Å². The van der Waals surface area contributed by atoms with Crippen LogP contribution < -0.4 is 4.90 Å². The zero-order valence-corrected chi connectivity index (χ0v) is 11.8. The lowest BCUT2D eigenvalue weighted by Crippen LogP contribution is -2.28. The van der Waals surface area contributed by atoms with E-state index in [1.54, 1.807) is 13.1 Å². The van der Waals surface area contributed by atoms with Crippen LogP contribution >= 0.6 is 0 Å². The molecule has 102 valence electrons. The molecule has 0 aliphatic carbocycles. The highest BCUT2D eigenvalue weighted by atomic mass is 16.5. The number of anilines is 1. The Bertz CT molecular complexity index is 537. The number of aromatic nitrogens is 3. The van der Waals surface area contributed by atoms with E-state index in [4.69, 9.17) is 4.52 Å². The molecule has 0 saturated carbocycles. The number of hydrogen-bond donors (Lipinski definition) is 0. The molecule has 6 nitrogen and oxygen atoms in total. The number of hydrogen-bond acceptors (Lipinski definition) is 6. The highest BCUT2D eigenvalue weighted by Crippen LogP contribution is 2.20. The number of nitrogens with zero attached hydrogens (tertiary/aromatic N) is 5. The topological polar surface area (TPSA) is 58.3 Å². The third kappa shape index (κ3) is 3.51. The van der Waals surface area contributed by atoms with Crippen LogP contribution in [-0.4, -0.2) is 54.3 Å². The highest BCUT2D eigenvalue weighted by molar-refractivity contribution is 5.58. The van der Waals surface area contributed by atoms with Crippen molar-refractivity contribution in [2.45, 2.75) is 6.92 Å². The summed E-state index contributed by atoms with van der Waals surface area (Å²) in [6.07, 6.45) is 1.76. The molecular formula is C13H19N5O. The maximum Gasteiger partial charge on any atom is 0.258 e.